The normalized spacial score (nSPS) is 11.3. The van der Waals surface area contributed by atoms with Crippen LogP contribution in [0.5, 0.6) is 0 Å². The SMILES string of the molecule is C=CC1=[C]([Cr])CC=CC=C1.[C]=O.[C]=O.[C]=O.c1ccc([B-](c2ccccc2)(c2ccccc2)c2ccccc2)cc1. The van der Waals surface area contributed by atoms with Crippen molar-refractivity contribution in [2.75, 3.05) is 0 Å². The van der Waals surface area contributed by atoms with E-state index in [1.54, 1.807) is 0 Å². The first kappa shape index (κ1) is 34.5. The zero-order valence-electron chi connectivity index (χ0n) is 22.6. The van der Waals surface area contributed by atoms with Gasteiger partial charge in [-0.2, -0.15) is 21.9 Å². The second kappa shape index (κ2) is 20.4. The second-order valence-corrected chi connectivity index (χ2v) is 9.35. The monoisotopic (exact) mass is 572 g/mol. The molecule has 0 N–H and O–H groups in total. The third-order valence-electron chi connectivity index (χ3n) is 6.57. The van der Waals surface area contributed by atoms with Crippen LogP contribution in [0.15, 0.2) is 168 Å². The fourth-order valence-corrected chi connectivity index (χ4v) is 5.31. The van der Waals surface area contributed by atoms with Crippen molar-refractivity contribution in [3.05, 3.63) is 168 Å². The van der Waals surface area contributed by atoms with Gasteiger partial charge in [-0.05, 0) is 0 Å². The Balaban J connectivity index is 0.000000441. The summed E-state index contributed by atoms with van der Waals surface area (Å²) in [6, 6.07) is 43.5. The van der Waals surface area contributed by atoms with Crippen molar-refractivity contribution in [3.8, 4) is 0 Å². The zero-order chi connectivity index (χ0) is 30.3. The standard InChI is InChI=1S/C24H20B.C9H9.3CO.Cr/c1-5-13-21(14-6-1)25(22-15-7-2-8-16-22,23-17-9-3-10-18-23)24-19-11-4-12-20-24;1-2-9-7-5-3-4-6-8-9;3*1-2;/h1-20H;2-5,7H,1,6H2;;;;/q-1;;;;;. The minimum absolute atomic E-state index is 0.994. The maximum Gasteiger partial charge on any atom is 0.281 e. The van der Waals surface area contributed by atoms with Crippen LogP contribution in [0.25, 0.3) is 0 Å². The van der Waals surface area contributed by atoms with Crippen molar-refractivity contribution in [2.24, 2.45) is 0 Å². The van der Waals surface area contributed by atoms with E-state index < -0.39 is 6.15 Å². The maximum absolute atomic E-state index is 7.50. The van der Waals surface area contributed by atoms with E-state index >= 15 is 0 Å². The Labute approximate surface area is 253 Å². The zero-order valence-corrected chi connectivity index (χ0v) is 23.8. The number of benzene rings is 4. The fraction of sp³-hybridized carbons (Fsp3) is 0.0278. The second-order valence-electron chi connectivity index (χ2n) is 8.58. The molecular formula is C36H29BCrO3-. The largest absolute Gasteiger partial charge is 0.281 e. The summed E-state index contributed by atoms with van der Waals surface area (Å²) in [5, 5.41) is 0. The van der Waals surface area contributed by atoms with Crippen molar-refractivity contribution in [3.63, 3.8) is 0 Å². The van der Waals surface area contributed by atoms with E-state index in [1.807, 2.05) is 18.2 Å². The molecule has 1 aliphatic carbocycles. The molecule has 3 nitrogen and oxygen atoms in total. The van der Waals surface area contributed by atoms with E-state index in [4.69, 9.17) is 14.4 Å². The molecule has 201 valence electrons. The van der Waals surface area contributed by atoms with Crippen molar-refractivity contribution < 1.29 is 30.7 Å². The molecule has 0 aromatic heterocycles. The number of allylic oxidation sites excluding steroid dienone is 7. The molecule has 0 aliphatic heterocycles. The Morgan fingerprint density at radius 1 is 0.561 bits per heavy atom. The molecule has 0 bridgehead atoms. The Kier molecular flexibility index (Phi) is 17.1. The number of hydrogen-bond donors (Lipinski definition) is 0. The molecule has 0 amide bonds. The molecule has 5 rings (SSSR count). The van der Waals surface area contributed by atoms with Crippen LogP contribution in [0.1, 0.15) is 6.42 Å². The van der Waals surface area contributed by atoms with Gasteiger partial charge in [-0.15, -0.1) is 0 Å². The van der Waals surface area contributed by atoms with Crippen LogP contribution < -0.4 is 21.9 Å². The smallest absolute Gasteiger partial charge is 0.281 e. The molecule has 0 atom stereocenters. The summed E-state index contributed by atoms with van der Waals surface area (Å²) < 4.78 is 1.26. The van der Waals surface area contributed by atoms with E-state index in [1.165, 1.54) is 31.9 Å². The molecule has 6 radical (unpaired) electrons. The molecule has 5 heteroatoms. The summed E-state index contributed by atoms with van der Waals surface area (Å²) in [4.78, 5) is 22.5. The predicted molar refractivity (Wildman–Crippen MR) is 167 cm³/mol. The fourth-order valence-electron chi connectivity index (χ4n) is 4.93. The van der Waals surface area contributed by atoms with Gasteiger partial charge in [0.15, 0.2) is 0 Å². The molecule has 0 heterocycles. The summed E-state index contributed by atoms with van der Waals surface area (Å²) in [6.45, 7) is 17.2. The summed E-state index contributed by atoms with van der Waals surface area (Å²) in [7, 11) is 0. The van der Waals surface area contributed by atoms with Crippen LogP contribution in [0.2, 0.25) is 0 Å². The van der Waals surface area contributed by atoms with Crippen LogP contribution in [0.4, 0.5) is 0 Å². The summed E-state index contributed by atoms with van der Waals surface area (Å²) >= 11 is 3.03. The average Bonchev–Trinajstić information content (AvgIpc) is 3.30. The molecule has 0 saturated carbocycles. The third-order valence-corrected chi connectivity index (χ3v) is 7.19. The molecule has 41 heavy (non-hydrogen) atoms. The molecule has 0 unspecified atom stereocenters. The van der Waals surface area contributed by atoms with Gasteiger partial charge in [0.1, 0.15) is 6.15 Å². The van der Waals surface area contributed by atoms with E-state index in [9.17, 15) is 0 Å². The van der Waals surface area contributed by atoms with Gasteiger partial charge in [0.05, 0.1) is 0 Å². The van der Waals surface area contributed by atoms with Crippen molar-refractivity contribution in [1.82, 2.24) is 0 Å². The van der Waals surface area contributed by atoms with E-state index in [0.29, 0.717) is 0 Å². The van der Waals surface area contributed by atoms with Gasteiger partial charge < -0.3 is 0 Å². The maximum atomic E-state index is 7.50. The van der Waals surface area contributed by atoms with Crippen molar-refractivity contribution >= 4 is 48.4 Å². The average molecular weight is 572 g/mol. The van der Waals surface area contributed by atoms with Crippen LogP contribution in [-0.2, 0) is 30.7 Å². The summed E-state index contributed by atoms with van der Waals surface area (Å²) in [5.41, 5.74) is 6.56. The number of hydrogen-bond acceptors (Lipinski definition) is 3. The topological polar surface area (TPSA) is 51.2 Å². The predicted octanol–water partition coefficient (Wildman–Crippen LogP) is 4.36. The van der Waals surface area contributed by atoms with Gasteiger partial charge in [0, 0.05) is 0 Å². The van der Waals surface area contributed by atoms with Gasteiger partial charge in [0.25, 0.3) is 20.4 Å². The third kappa shape index (κ3) is 9.26. The number of carbonyl (C=O) groups excluding carboxylic acids is 3. The van der Waals surface area contributed by atoms with Crippen molar-refractivity contribution in [1.29, 1.82) is 0 Å². The van der Waals surface area contributed by atoms with Crippen LogP contribution in [0, 0.1) is 0 Å². The Morgan fingerprint density at radius 2 is 0.878 bits per heavy atom. The first-order valence-corrected chi connectivity index (χ1v) is 13.2. The van der Waals surface area contributed by atoms with Gasteiger partial charge in [-0.1, -0.05) is 121 Å². The van der Waals surface area contributed by atoms with E-state index in [2.05, 4.69) is 177 Å². The molecule has 4 aromatic rings. The molecule has 4 aromatic carbocycles. The number of rotatable bonds is 5. The van der Waals surface area contributed by atoms with Gasteiger partial charge >= 0.3 is 69.7 Å². The molecule has 1 aliphatic rings. The van der Waals surface area contributed by atoms with Gasteiger partial charge in [0.2, 0.25) is 0 Å². The first-order chi connectivity index (χ1) is 20.3. The molecular weight excluding hydrogens is 543 g/mol. The van der Waals surface area contributed by atoms with Crippen LogP contribution >= 0.6 is 0 Å². The van der Waals surface area contributed by atoms with Gasteiger partial charge in [-0.25, -0.2) is 0 Å². The quantitative estimate of drug-likeness (QED) is 0.334. The van der Waals surface area contributed by atoms with Crippen LogP contribution in [-0.4, -0.2) is 26.5 Å². The minimum atomic E-state index is -1.22. The van der Waals surface area contributed by atoms with Crippen molar-refractivity contribution in [2.45, 2.75) is 6.42 Å². The first-order valence-electron chi connectivity index (χ1n) is 12.6. The Morgan fingerprint density at radius 3 is 1.17 bits per heavy atom. The summed E-state index contributed by atoms with van der Waals surface area (Å²) in [5.74, 6) is 0. The molecule has 0 saturated heterocycles. The Hall–Kier alpha value is -4.55. The van der Waals surface area contributed by atoms with Crippen LogP contribution in [0.3, 0.4) is 0 Å². The molecule has 0 spiro atoms. The molecule has 0 fully saturated rings. The van der Waals surface area contributed by atoms with E-state index in [-0.39, 0.29) is 0 Å². The van der Waals surface area contributed by atoms with Gasteiger partial charge in [-0.3, -0.25) is 14.4 Å². The van der Waals surface area contributed by atoms with E-state index in [0.717, 1.165) is 6.42 Å². The minimum Gasteiger partial charge on any atom is -0.281 e. The Bertz CT molecular complexity index is 1200. The summed E-state index contributed by atoms with van der Waals surface area (Å²) in [6.07, 6.45) is 9.91.